The van der Waals surface area contributed by atoms with Crippen molar-refractivity contribution in [3.8, 4) is 11.8 Å². The largest absolute Gasteiger partial charge is 0.378 e. The highest BCUT2D eigenvalue weighted by Crippen LogP contribution is 2.61. The molecule has 1 N–H and O–H groups in total. The van der Waals surface area contributed by atoms with E-state index in [-0.39, 0.29) is 17.8 Å². The second-order valence-electron chi connectivity index (χ2n) is 11.9. The number of nitrogens with zero attached hydrogens (tertiary/aromatic N) is 1. The van der Waals surface area contributed by atoms with Gasteiger partial charge >= 0.3 is 0 Å². The molecule has 1 saturated heterocycles. The summed E-state index contributed by atoms with van der Waals surface area (Å²) in [6.07, 6.45) is 6.53. The SMILES string of the molecule is CN(C)c1ccc([C@H]2OC[C@@]3(C)C(CC[C@@]3(O)C#Cc3ccccc3)C3CCC4=CC(=O)CCC4=C32)cc1. The van der Waals surface area contributed by atoms with Crippen LogP contribution < -0.4 is 4.90 Å². The Bertz CT molecular complexity index is 1360. The Labute approximate surface area is 226 Å². The highest BCUT2D eigenvalue weighted by atomic mass is 16.5. The second kappa shape index (κ2) is 9.56. The third-order valence-electron chi connectivity index (χ3n) is 9.61. The Kier molecular flexibility index (Phi) is 6.33. The number of carbonyl (C=O) groups is 1. The van der Waals surface area contributed by atoms with Crippen LogP contribution in [-0.4, -0.2) is 37.2 Å². The van der Waals surface area contributed by atoms with Crippen LogP contribution in [0.1, 0.15) is 62.7 Å². The molecule has 196 valence electrons. The minimum Gasteiger partial charge on any atom is -0.378 e. The topological polar surface area (TPSA) is 49.8 Å². The molecule has 0 radical (unpaired) electrons. The maximum absolute atomic E-state index is 12.3. The van der Waals surface area contributed by atoms with Gasteiger partial charge in [-0.1, -0.05) is 49.1 Å². The molecular formula is C34H37NO3. The van der Waals surface area contributed by atoms with Gasteiger partial charge in [0, 0.05) is 37.2 Å². The number of benzene rings is 2. The summed E-state index contributed by atoms with van der Waals surface area (Å²) in [6, 6.07) is 18.6. The van der Waals surface area contributed by atoms with Crippen LogP contribution in [0.3, 0.4) is 0 Å². The van der Waals surface area contributed by atoms with Crippen molar-refractivity contribution >= 4 is 11.5 Å². The molecule has 3 aliphatic carbocycles. The van der Waals surface area contributed by atoms with E-state index in [2.05, 4.69) is 47.9 Å². The number of hydrogen-bond acceptors (Lipinski definition) is 4. The minimum atomic E-state index is -1.12. The molecule has 1 aliphatic heterocycles. The van der Waals surface area contributed by atoms with Crippen LogP contribution in [0, 0.1) is 29.1 Å². The van der Waals surface area contributed by atoms with E-state index in [1.165, 1.54) is 16.7 Å². The lowest BCUT2D eigenvalue weighted by Gasteiger charge is -2.42. The summed E-state index contributed by atoms with van der Waals surface area (Å²) in [7, 11) is 4.10. The Hall–Kier alpha value is -3.13. The van der Waals surface area contributed by atoms with Crippen LogP contribution >= 0.6 is 0 Å². The fourth-order valence-electron chi connectivity index (χ4n) is 7.39. The average molecular weight is 508 g/mol. The van der Waals surface area contributed by atoms with E-state index in [4.69, 9.17) is 4.74 Å². The summed E-state index contributed by atoms with van der Waals surface area (Å²) in [4.78, 5) is 14.4. The van der Waals surface area contributed by atoms with Gasteiger partial charge < -0.3 is 14.7 Å². The van der Waals surface area contributed by atoms with Crippen LogP contribution in [-0.2, 0) is 9.53 Å². The van der Waals surface area contributed by atoms with E-state index < -0.39 is 11.0 Å². The zero-order valence-electron chi connectivity index (χ0n) is 22.7. The number of rotatable bonds is 2. The first kappa shape index (κ1) is 25.2. The van der Waals surface area contributed by atoms with Crippen molar-refractivity contribution in [1.82, 2.24) is 0 Å². The average Bonchev–Trinajstić information content (AvgIpc) is 3.09. The van der Waals surface area contributed by atoms with Gasteiger partial charge in [-0.15, -0.1) is 0 Å². The first-order chi connectivity index (χ1) is 18.3. The quantitative estimate of drug-likeness (QED) is 0.505. The van der Waals surface area contributed by atoms with Gasteiger partial charge in [0.05, 0.1) is 6.61 Å². The molecule has 1 heterocycles. The van der Waals surface area contributed by atoms with Crippen molar-refractivity contribution in [3.63, 3.8) is 0 Å². The summed E-state index contributed by atoms with van der Waals surface area (Å²) in [5.41, 5.74) is 5.48. The highest BCUT2D eigenvalue weighted by molar-refractivity contribution is 5.93. The van der Waals surface area contributed by atoms with Gasteiger partial charge in [0.2, 0.25) is 0 Å². The third kappa shape index (κ3) is 4.13. The van der Waals surface area contributed by atoms with E-state index in [0.717, 1.165) is 42.5 Å². The monoisotopic (exact) mass is 507 g/mol. The first-order valence-electron chi connectivity index (χ1n) is 14.0. The lowest BCUT2D eigenvalue weighted by atomic mass is 9.61. The van der Waals surface area contributed by atoms with Crippen molar-refractivity contribution < 1.29 is 14.6 Å². The Balaban J connectivity index is 1.45. The molecule has 6 rings (SSSR count). The predicted molar refractivity (Wildman–Crippen MR) is 151 cm³/mol. The van der Waals surface area contributed by atoms with Crippen molar-refractivity contribution in [2.75, 3.05) is 25.6 Å². The molecule has 4 heteroatoms. The predicted octanol–water partition coefficient (Wildman–Crippen LogP) is 6.02. The standard InChI is InChI=1S/C34H37NO3/c1-33-22-38-32(24-9-12-26(13-10-24)35(2)3)31-28-16-14-27(36)21-25(28)11-15-29(31)30(33)18-20-34(33,37)19-17-23-7-5-4-6-8-23/h4-10,12-13,21,29-30,32,37H,11,14-16,18,20,22H2,1-3H3/t29?,30?,32-,33+,34+/m1/s1. The van der Waals surface area contributed by atoms with E-state index in [1.54, 1.807) is 0 Å². The fraction of sp³-hybridized carbons (Fsp3) is 0.441. The molecule has 0 bridgehead atoms. The smallest absolute Gasteiger partial charge is 0.156 e. The zero-order valence-corrected chi connectivity index (χ0v) is 22.7. The molecular weight excluding hydrogens is 470 g/mol. The molecule has 38 heavy (non-hydrogen) atoms. The van der Waals surface area contributed by atoms with Crippen LogP contribution in [0.4, 0.5) is 5.69 Å². The molecule has 1 saturated carbocycles. The van der Waals surface area contributed by atoms with Gasteiger partial charge in [0.25, 0.3) is 0 Å². The van der Waals surface area contributed by atoms with E-state index in [0.29, 0.717) is 25.4 Å². The van der Waals surface area contributed by atoms with Crippen LogP contribution in [0.15, 0.2) is 77.4 Å². The van der Waals surface area contributed by atoms with E-state index >= 15 is 0 Å². The lowest BCUT2D eigenvalue weighted by molar-refractivity contribution is -0.114. The first-order valence-corrected chi connectivity index (χ1v) is 14.0. The maximum atomic E-state index is 12.3. The van der Waals surface area contributed by atoms with Crippen molar-refractivity contribution in [1.29, 1.82) is 0 Å². The van der Waals surface area contributed by atoms with Crippen LogP contribution in [0.2, 0.25) is 0 Å². The number of aliphatic hydroxyl groups is 1. The molecule has 2 fully saturated rings. The number of anilines is 1. The van der Waals surface area contributed by atoms with Crippen LogP contribution in [0.25, 0.3) is 0 Å². The third-order valence-corrected chi connectivity index (χ3v) is 9.61. The van der Waals surface area contributed by atoms with Crippen molar-refractivity contribution in [2.24, 2.45) is 17.3 Å². The van der Waals surface area contributed by atoms with Gasteiger partial charge in [0.1, 0.15) is 11.7 Å². The van der Waals surface area contributed by atoms with Crippen LogP contribution in [0.5, 0.6) is 0 Å². The summed E-state index contributed by atoms with van der Waals surface area (Å²) in [5.74, 6) is 7.40. The highest BCUT2D eigenvalue weighted by Gasteiger charge is 2.61. The number of ketones is 1. The number of hydrogen-bond donors (Lipinski definition) is 1. The number of allylic oxidation sites excluding steroid dienone is 3. The Morgan fingerprint density at radius 1 is 1.00 bits per heavy atom. The molecule has 0 spiro atoms. The number of carbonyl (C=O) groups excluding carboxylic acids is 1. The van der Waals surface area contributed by atoms with Gasteiger partial charge in [0.15, 0.2) is 5.78 Å². The van der Waals surface area contributed by atoms with Gasteiger partial charge in [-0.3, -0.25) is 4.79 Å². The summed E-state index contributed by atoms with van der Waals surface area (Å²) in [6.45, 7) is 2.64. The fourth-order valence-corrected chi connectivity index (χ4v) is 7.39. The molecule has 0 aromatic heterocycles. The summed E-state index contributed by atoms with van der Waals surface area (Å²) < 4.78 is 6.89. The molecule has 2 unspecified atom stereocenters. The minimum absolute atomic E-state index is 0.183. The van der Waals surface area contributed by atoms with Gasteiger partial charge in [-0.05, 0) is 96.6 Å². The zero-order chi connectivity index (χ0) is 26.5. The summed E-state index contributed by atoms with van der Waals surface area (Å²) >= 11 is 0. The Morgan fingerprint density at radius 3 is 2.50 bits per heavy atom. The maximum Gasteiger partial charge on any atom is 0.156 e. The lowest BCUT2D eigenvalue weighted by Crippen LogP contribution is -2.48. The van der Waals surface area contributed by atoms with Crippen molar-refractivity contribution in [3.05, 3.63) is 88.5 Å². The number of fused-ring (bicyclic) bond motifs is 4. The van der Waals surface area contributed by atoms with Crippen molar-refractivity contribution in [2.45, 2.75) is 57.2 Å². The molecule has 4 aliphatic rings. The van der Waals surface area contributed by atoms with Gasteiger partial charge in [-0.25, -0.2) is 0 Å². The number of ether oxygens (including phenoxy) is 1. The molecule has 5 atom stereocenters. The molecule has 2 aromatic carbocycles. The summed E-state index contributed by atoms with van der Waals surface area (Å²) in [5, 5.41) is 12.1. The van der Waals surface area contributed by atoms with E-state index in [9.17, 15) is 9.90 Å². The van der Waals surface area contributed by atoms with Gasteiger partial charge in [-0.2, -0.15) is 0 Å². The molecule has 0 amide bonds. The van der Waals surface area contributed by atoms with E-state index in [1.807, 2.05) is 50.5 Å². The molecule has 2 aromatic rings. The Morgan fingerprint density at radius 2 is 1.76 bits per heavy atom. The second-order valence-corrected chi connectivity index (χ2v) is 11.9. The molecule has 4 nitrogen and oxygen atoms in total. The normalized spacial score (nSPS) is 32.3.